The molecular weight excluding hydrogens is 563 g/mol. The third kappa shape index (κ3) is 4.83. The van der Waals surface area contributed by atoms with Gasteiger partial charge in [-0.1, -0.05) is 18.2 Å². The Labute approximate surface area is 239 Å². The molecule has 3 heterocycles. The highest BCUT2D eigenvalue weighted by Crippen LogP contribution is 2.42. The third-order valence-electron chi connectivity index (χ3n) is 6.81. The number of thiazole rings is 1. The van der Waals surface area contributed by atoms with E-state index in [1.165, 1.54) is 54.0 Å². The fraction of sp³-hybridized carbons (Fsp3) is 0.100. The van der Waals surface area contributed by atoms with Crippen molar-refractivity contribution >= 4 is 54.1 Å². The molecule has 0 fully saturated rings. The highest BCUT2D eigenvalue weighted by molar-refractivity contribution is 7.92. The number of hydrogen-bond donors (Lipinski definition) is 1. The molecule has 0 unspecified atom stereocenters. The van der Waals surface area contributed by atoms with Crippen LogP contribution in [0.1, 0.15) is 10.4 Å². The lowest BCUT2D eigenvalue weighted by atomic mass is 9.97. The number of furan rings is 1. The molecular formula is C30H23FN4O4S2. The van der Waals surface area contributed by atoms with Gasteiger partial charge in [-0.3, -0.25) is 14.1 Å². The maximum Gasteiger partial charge on any atom is 0.255 e. The van der Waals surface area contributed by atoms with Crippen molar-refractivity contribution in [3.8, 4) is 33.0 Å². The van der Waals surface area contributed by atoms with Crippen LogP contribution in [0.25, 0.3) is 54.2 Å². The van der Waals surface area contributed by atoms with E-state index in [4.69, 9.17) is 9.40 Å². The van der Waals surface area contributed by atoms with Crippen molar-refractivity contribution in [2.75, 3.05) is 24.7 Å². The summed E-state index contributed by atoms with van der Waals surface area (Å²) >= 11 is 1.53. The number of amides is 1. The maximum absolute atomic E-state index is 13.7. The van der Waals surface area contributed by atoms with Crippen molar-refractivity contribution in [2.45, 2.75) is 0 Å². The molecule has 11 heteroatoms. The lowest BCUT2D eigenvalue weighted by molar-refractivity contribution is 0.0964. The van der Waals surface area contributed by atoms with Gasteiger partial charge in [0.15, 0.2) is 0 Å². The average Bonchev–Trinajstić information content (AvgIpc) is 3.57. The number of fused-ring (bicyclic) bond motifs is 2. The van der Waals surface area contributed by atoms with Crippen LogP contribution in [-0.4, -0.2) is 44.6 Å². The summed E-state index contributed by atoms with van der Waals surface area (Å²) in [4.78, 5) is 22.0. The smallest absolute Gasteiger partial charge is 0.255 e. The summed E-state index contributed by atoms with van der Waals surface area (Å²) < 4.78 is 47.4. The molecule has 0 saturated carbocycles. The molecule has 6 aromatic rings. The molecule has 0 atom stereocenters. The van der Waals surface area contributed by atoms with Gasteiger partial charge in [0.1, 0.15) is 27.7 Å². The van der Waals surface area contributed by atoms with Crippen molar-refractivity contribution in [1.82, 2.24) is 15.3 Å². The van der Waals surface area contributed by atoms with Gasteiger partial charge < -0.3 is 9.73 Å². The molecule has 3 aromatic heterocycles. The topological polar surface area (TPSA) is 105 Å². The van der Waals surface area contributed by atoms with E-state index >= 15 is 0 Å². The van der Waals surface area contributed by atoms with Crippen LogP contribution in [0, 0.1) is 5.82 Å². The molecule has 0 aliphatic heterocycles. The van der Waals surface area contributed by atoms with E-state index in [1.54, 1.807) is 24.5 Å². The average molecular weight is 587 g/mol. The molecule has 1 amide bonds. The first kappa shape index (κ1) is 26.6. The maximum atomic E-state index is 13.7. The first-order valence-corrected chi connectivity index (χ1v) is 15.1. The first-order chi connectivity index (χ1) is 19.6. The second kappa shape index (κ2) is 10.1. The largest absolute Gasteiger partial charge is 0.455 e. The van der Waals surface area contributed by atoms with Crippen LogP contribution < -0.4 is 9.62 Å². The van der Waals surface area contributed by atoms with Crippen molar-refractivity contribution in [2.24, 2.45) is 0 Å². The van der Waals surface area contributed by atoms with Gasteiger partial charge >= 0.3 is 0 Å². The highest BCUT2D eigenvalue weighted by Gasteiger charge is 2.26. The number of rotatable bonds is 6. The summed E-state index contributed by atoms with van der Waals surface area (Å²) in [7, 11) is -0.683. The Morgan fingerprint density at radius 1 is 1.02 bits per heavy atom. The van der Waals surface area contributed by atoms with Gasteiger partial charge in [0.25, 0.3) is 5.91 Å². The van der Waals surface area contributed by atoms with E-state index in [0.29, 0.717) is 27.8 Å². The Bertz CT molecular complexity index is 2040. The summed E-state index contributed by atoms with van der Waals surface area (Å²) in [5, 5.41) is 3.93. The summed E-state index contributed by atoms with van der Waals surface area (Å²) in [5.74, 6) is -0.564. The number of anilines is 1. The van der Waals surface area contributed by atoms with E-state index in [-0.39, 0.29) is 11.3 Å². The number of hydrogen-bond acceptors (Lipinski definition) is 7. The van der Waals surface area contributed by atoms with E-state index in [9.17, 15) is 17.6 Å². The molecule has 0 radical (unpaired) electrons. The lowest BCUT2D eigenvalue weighted by Gasteiger charge is -2.21. The third-order valence-corrected chi connectivity index (χ3v) is 9.09. The number of nitrogens with zero attached hydrogens (tertiary/aromatic N) is 3. The quantitative estimate of drug-likeness (QED) is 0.244. The number of sulfonamides is 1. The standard InChI is InChI=1S/C30H23FN4O4S2/c1-32-29(36)27-22-14-21(18-5-4-6-19(13-18)30-34-23-16-33-12-11-26(23)40-30)24(35(2)41(3,37)38)15-25(22)39-28(27)17-7-9-20(31)10-8-17/h4-16H,1-3H3,(H,32,36). The number of benzene rings is 3. The minimum atomic E-state index is -3.66. The highest BCUT2D eigenvalue weighted by atomic mass is 32.2. The predicted octanol–water partition coefficient (Wildman–Crippen LogP) is 6.33. The molecule has 1 N–H and O–H groups in total. The van der Waals surface area contributed by atoms with Gasteiger partial charge in [-0.25, -0.2) is 17.8 Å². The van der Waals surface area contributed by atoms with Crippen LogP contribution in [0.2, 0.25) is 0 Å². The Morgan fingerprint density at radius 2 is 1.78 bits per heavy atom. The van der Waals surface area contributed by atoms with Crippen LogP contribution in [0.15, 0.2) is 83.5 Å². The summed E-state index contributed by atoms with van der Waals surface area (Å²) in [6.07, 6.45) is 4.55. The second-order valence-corrected chi connectivity index (χ2v) is 12.5. The monoisotopic (exact) mass is 586 g/mol. The van der Waals surface area contributed by atoms with Crippen LogP contribution in [-0.2, 0) is 10.0 Å². The minimum absolute atomic E-state index is 0.251. The number of aromatic nitrogens is 2. The number of halogens is 1. The molecule has 0 aliphatic rings. The minimum Gasteiger partial charge on any atom is -0.455 e. The summed E-state index contributed by atoms with van der Waals surface area (Å²) in [6, 6.07) is 18.5. The van der Waals surface area contributed by atoms with Gasteiger partial charge in [-0.05, 0) is 48.0 Å². The normalized spacial score (nSPS) is 11.7. The molecule has 0 aliphatic carbocycles. The van der Waals surface area contributed by atoms with E-state index < -0.39 is 21.7 Å². The first-order valence-electron chi connectivity index (χ1n) is 12.5. The molecule has 3 aromatic carbocycles. The Balaban J connectivity index is 1.61. The SMILES string of the molecule is CNC(=O)c1c(-c2ccc(F)cc2)oc2cc(N(C)S(C)(=O)=O)c(-c3cccc(-c4nc5cnccc5s4)c3)cc12. The fourth-order valence-electron chi connectivity index (χ4n) is 4.68. The van der Waals surface area contributed by atoms with Gasteiger partial charge in [-0.2, -0.15) is 0 Å². The van der Waals surface area contributed by atoms with E-state index in [1.807, 2.05) is 30.3 Å². The molecule has 8 nitrogen and oxygen atoms in total. The Hall–Kier alpha value is -4.61. The summed E-state index contributed by atoms with van der Waals surface area (Å²) in [6.45, 7) is 0. The number of carbonyl (C=O) groups excluding carboxylic acids is 1. The van der Waals surface area contributed by atoms with Crippen LogP contribution in [0.5, 0.6) is 0 Å². The molecule has 41 heavy (non-hydrogen) atoms. The summed E-state index contributed by atoms with van der Waals surface area (Å²) in [5.41, 5.74) is 4.39. The Morgan fingerprint density at radius 3 is 2.49 bits per heavy atom. The van der Waals surface area contributed by atoms with Crippen LogP contribution in [0.4, 0.5) is 10.1 Å². The molecule has 0 spiro atoms. The molecule has 206 valence electrons. The van der Waals surface area contributed by atoms with Crippen LogP contribution >= 0.6 is 11.3 Å². The zero-order chi connectivity index (χ0) is 28.9. The second-order valence-electron chi connectivity index (χ2n) is 9.43. The fourth-order valence-corrected chi connectivity index (χ4v) is 6.12. The zero-order valence-electron chi connectivity index (χ0n) is 22.2. The van der Waals surface area contributed by atoms with Crippen molar-refractivity contribution < 1.29 is 22.0 Å². The number of pyridine rings is 1. The number of carbonyl (C=O) groups is 1. The van der Waals surface area contributed by atoms with Gasteiger partial charge in [0.2, 0.25) is 10.0 Å². The van der Waals surface area contributed by atoms with Crippen molar-refractivity contribution in [3.05, 3.63) is 90.5 Å². The number of nitrogens with one attached hydrogen (secondary N) is 1. The van der Waals surface area contributed by atoms with Crippen molar-refractivity contribution in [1.29, 1.82) is 0 Å². The zero-order valence-corrected chi connectivity index (χ0v) is 23.8. The lowest BCUT2D eigenvalue weighted by Crippen LogP contribution is -2.25. The van der Waals surface area contributed by atoms with E-state index in [2.05, 4.69) is 10.3 Å². The van der Waals surface area contributed by atoms with E-state index in [0.717, 1.165) is 32.6 Å². The molecule has 0 bridgehead atoms. The molecule has 6 rings (SSSR count). The van der Waals surface area contributed by atoms with Gasteiger partial charge in [0, 0.05) is 48.4 Å². The van der Waals surface area contributed by atoms with Crippen molar-refractivity contribution in [3.63, 3.8) is 0 Å². The van der Waals surface area contributed by atoms with Gasteiger partial charge in [-0.15, -0.1) is 11.3 Å². The van der Waals surface area contributed by atoms with Gasteiger partial charge in [0.05, 0.1) is 28.4 Å². The molecule has 0 saturated heterocycles. The predicted molar refractivity (Wildman–Crippen MR) is 160 cm³/mol. The van der Waals surface area contributed by atoms with Crippen LogP contribution in [0.3, 0.4) is 0 Å². The Kier molecular flexibility index (Phi) is 6.55.